The largest absolute Gasteiger partial charge is 0.450 e. The van der Waals surface area contributed by atoms with Gasteiger partial charge in [-0.05, 0) is 60.5 Å². The Morgan fingerprint density at radius 3 is 2.34 bits per heavy atom. The number of nitrogens with zero attached hydrogens (tertiary/aromatic N) is 3. The zero-order valence-corrected chi connectivity index (χ0v) is 15.9. The van der Waals surface area contributed by atoms with Crippen LogP contribution in [0.15, 0.2) is 65.7 Å². The number of ether oxygens (including phenoxy) is 1. The molecule has 0 aliphatic carbocycles. The Labute approximate surface area is 170 Å². The molecule has 0 fully saturated rings. The van der Waals surface area contributed by atoms with Crippen LogP contribution in [0.5, 0.6) is 11.5 Å². The van der Waals surface area contributed by atoms with Crippen LogP contribution in [0.25, 0.3) is 0 Å². The summed E-state index contributed by atoms with van der Waals surface area (Å²) in [5.74, 6) is 0.259. The van der Waals surface area contributed by atoms with E-state index in [1.54, 1.807) is 42.6 Å². The van der Waals surface area contributed by atoms with Gasteiger partial charge in [-0.2, -0.15) is 0 Å². The Bertz CT molecular complexity index is 1110. The van der Waals surface area contributed by atoms with E-state index in [9.17, 15) is 20.2 Å². The van der Waals surface area contributed by atoms with E-state index in [1.165, 1.54) is 6.07 Å². The molecule has 0 amide bonds. The zero-order valence-electron chi connectivity index (χ0n) is 15.1. The fourth-order valence-corrected chi connectivity index (χ4v) is 2.63. The van der Waals surface area contributed by atoms with Crippen LogP contribution in [-0.2, 0) is 0 Å². The van der Waals surface area contributed by atoms with Crippen molar-refractivity contribution in [3.05, 3.63) is 97.0 Å². The highest BCUT2D eigenvalue weighted by Crippen LogP contribution is 2.34. The molecule has 0 aliphatic heterocycles. The third kappa shape index (κ3) is 4.94. The Hall–Kier alpha value is -3.78. The van der Waals surface area contributed by atoms with Crippen LogP contribution in [0.1, 0.15) is 11.1 Å². The highest BCUT2D eigenvalue weighted by atomic mass is 35.5. The van der Waals surface area contributed by atoms with Gasteiger partial charge in [0.1, 0.15) is 5.75 Å². The number of aryl methyl sites for hydroxylation is 1. The second kappa shape index (κ2) is 8.49. The van der Waals surface area contributed by atoms with Crippen LogP contribution in [0.4, 0.5) is 17.1 Å². The van der Waals surface area contributed by atoms with Gasteiger partial charge in [-0.25, -0.2) is 0 Å². The van der Waals surface area contributed by atoms with Crippen LogP contribution in [-0.4, -0.2) is 16.1 Å². The first-order chi connectivity index (χ1) is 13.8. The maximum Gasteiger partial charge on any atom is 0.318 e. The molecule has 3 aromatic rings. The highest BCUT2D eigenvalue weighted by molar-refractivity contribution is 6.30. The third-order valence-corrected chi connectivity index (χ3v) is 4.22. The summed E-state index contributed by atoms with van der Waals surface area (Å²) in [7, 11) is 0. The zero-order chi connectivity index (χ0) is 21.0. The standard InChI is InChI=1S/C20H14ClN3O5/c1-13-2-5-15(21)10-18(13)22-12-14-3-7-17(8-4-14)29-20-9-6-16(23(25)26)11-19(20)24(27)28/h2-12H,1H3. The van der Waals surface area contributed by atoms with E-state index in [0.717, 1.165) is 28.9 Å². The summed E-state index contributed by atoms with van der Waals surface area (Å²) < 4.78 is 5.53. The van der Waals surface area contributed by atoms with Crippen molar-refractivity contribution in [1.29, 1.82) is 0 Å². The van der Waals surface area contributed by atoms with Crippen LogP contribution < -0.4 is 4.74 Å². The van der Waals surface area contributed by atoms with Gasteiger partial charge >= 0.3 is 5.69 Å². The summed E-state index contributed by atoms with van der Waals surface area (Å²) in [5.41, 5.74) is 1.65. The first-order valence-electron chi connectivity index (χ1n) is 8.34. The van der Waals surface area contributed by atoms with E-state index in [-0.39, 0.29) is 11.4 Å². The normalized spacial score (nSPS) is 10.8. The van der Waals surface area contributed by atoms with Gasteiger partial charge in [0.15, 0.2) is 0 Å². The van der Waals surface area contributed by atoms with Crippen molar-refractivity contribution in [3.63, 3.8) is 0 Å². The molecule has 8 nitrogen and oxygen atoms in total. The summed E-state index contributed by atoms with van der Waals surface area (Å²) in [5, 5.41) is 22.6. The van der Waals surface area contributed by atoms with Crippen LogP contribution in [0, 0.1) is 27.2 Å². The fraction of sp³-hybridized carbons (Fsp3) is 0.0500. The van der Waals surface area contributed by atoms with E-state index < -0.39 is 15.5 Å². The van der Waals surface area contributed by atoms with E-state index in [1.807, 2.05) is 13.0 Å². The predicted molar refractivity (Wildman–Crippen MR) is 110 cm³/mol. The molecule has 0 unspecified atom stereocenters. The topological polar surface area (TPSA) is 108 Å². The average molecular weight is 412 g/mol. The minimum absolute atomic E-state index is 0.0865. The van der Waals surface area contributed by atoms with Crippen LogP contribution in [0.3, 0.4) is 0 Å². The molecule has 0 N–H and O–H groups in total. The van der Waals surface area contributed by atoms with Crippen LogP contribution in [0.2, 0.25) is 5.02 Å². The summed E-state index contributed by atoms with van der Waals surface area (Å²) >= 11 is 5.98. The highest BCUT2D eigenvalue weighted by Gasteiger charge is 2.21. The molecule has 146 valence electrons. The lowest BCUT2D eigenvalue weighted by Crippen LogP contribution is -1.96. The molecule has 3 rings (SSSR count). The Kier molecular flexibility index (Phi) is 5.85. The van der Waals surface area contributed by atoms with Crippen LogP contribution >= 0.6 is 11.6 Å². The molecule has 3 aromatic carbocycles. The molecular weight excluding hydrogens is 398 g/mol. The molecule has 9 heteroatoms. The predicted octanol–water partition coefficient (Wildman–Crippen LogP) is 6.01. The summed E-state index contributed by atoms with van der Waals surface area (Å²) in [6.45, 7) is 1.93. The summed E-state index contributed by atoms with van der Waals surface area (Å²) in [6.07, 6.45) is 1.66. The minimum atomic E-state index is -0.726. The van der Waals surface area contributed by atoms with Crippen molar-refractivity contribution in [2.24, 2.45) is 4.99 Å². The monoisotopic (exact) mass is 411 g/mol. The van der Waals surface area contributed by atoms with Crippen molar-refractivity contribution in [3.8, 4) is 11.5 Å². The Morgan fingerprint density at radius 2 is 1.69 bits per heavy atom. The lowest BCUT2D eigenvalue weighted by Gasteiger charge is -2.06. The maximum atomic E-state index is 11.2. The first kappa shape index (κ1) is 20.0. The van der Waals surface area contributed by atoms with Crippen molar-refractivity contribution < 1.29 is 14.6 Å². The first-order valence-corrected chi connectivity index (χ1v) is 8.72. The van der Waals surface area contributed by atoms with Gasteiger partial charge < -0.3 is 4.74 Å². The molecule has 0 spiro atoms. The van der Waals surface area contributed by atoms with Gasteiger partial charge in [-0.3, -0.25) is 25.2 Å². The maximum absolute atomic E-state index is 11.2. The number of benzene rings is 3. The van der Waals surface area contributed by atoms with Gasteiger partial charge in [0, 0.05) is 17.3 Å². The van der Waals surface area contributed by atoms with Gasteiger partial charge in [0.2, 0.25) is 5.75 Å². The van der Waals surface area contributed by atoms with Crippen molar-refractivity contribution in [1.82, 2.24) is 0 Å². The van der Waals surface area contributed by atoms with Crippen molar-refractivity contribution in [2.75, 3.05) is 0 Å². The van der Waals surface area contributed by atoms with Crippen molar-refractivity contribution >= 4 is 34.9 Å². The van der Waals surface area contributed by atoms with E-state index in [2.05, 4.69) is 4.99 Å². The second-order valence-electron chi connectivity index (χ2n) is 6.03. The van der Waals surface area contributed by atoms with Gasteiger partial charge in [-0.15, -0.1) is 0 Å². The second-order valence-corrected chi connectivity index (χ2v) is 6.46. The minimum Gasteiger partial charge on any atom is -0.450 e. The molecule has 0 atom stereocenters. The number of aliphatic imine (C=N–C) groups is 1. The molecule has 0 aliphatic rings. The van der Waals surface area contributed by atoms with Gasteiger partial charge in [-0.1, -0.05) is 17.7 Å². The van der Waals surface area contributed by atoms with E-state index in [4.69, 9.17) is 16.3 Å². The molecule has 29 heavy (non-hydrogen) atoms. The van der Waals surface area contributed by atoms with E-state index >= 15 is 0 Å². The molecule has 0 saturated heterocycles. The number of nitro benzene ring substituents is 2. The Balaban J connectivity index is 1.79. The SMILES string of the molecule is Cc1ccc(Cl)cc1N=Cc1ccc(Oc2ccc([N+](=O)[O-])cc2[N+](=O)[O-])cc1. The van der Waals surface area contributed by atoms with Crippen molar-refractivity contribution in [2.45, 2.75) is 6.92 Å². The third-order valence-electron chi connectivity index (χ3n) is 3.98. The number of hydrogen-bond donors (Lipinski definition) is 0. The smallest absolute Gasteiger partial charge is 0.318 e. The summed E-state index contributed by atoms with van der Waals surface area (Å²) in [6, 6.07) is 15.4. The number of nitro groups is 2. The number of hydrogen-bond acceptors (Lipinski definition) is 6. The fourth-order valence-electron chi connectivity index (χ4n) is 2.46. The molecular formula is C20H14ClN3O5. The lowest BCUT2D eigenvalue weighted by atomic mass is 10.2. The molecule has 0 saturated carbocycles. The number of halogens is 1. The Morgan fingerprint density at radius 1 is 0.966 bits per heavy atom. The summed E-state index contributed by atoms with van der Waals surface area (Å²) in [4.78, 5) is 25.0. The lowest BCUT2D eigenvalue weighted by molar-refractivity contribution is -0.394. The van der Waals surface area contributed by atoms with Gasteiger partial charge in [0.05, 0.1) is 21.6 Å². The quantitative estimate of drug-likeness (QED) is 0.280. The average Bonchev–Trinajstić information content (AvgIpc) is 2.69. The molecule has 0 radical (unpaired) electrons. The molecule has 0 bridgehead atoms. The van der Waals surface area contributed by atoms with Gasteiger partial charge in [0.25, 0.3) is 5.69 Å². The van der Waals surface area contributed by atoms with E-state index in [0.29, 0.717) is 10.8 Å². The number of non-ortho nitro benzene ring substituents is 1. The molecule has 0 heterocycles. The molecule has 0 aromatic heterocycles. The number of rotatable bonds is 6.